The van der Waals surface area contributed by atoms with Crippen molar-refractivity contribution in [3.63, 3.8) is 0 Å². The smallest absolute Gasteiger partial charge is 0.309 e. The molecule has 0 spiro atoms. The minimum atomic E-state index is -4.14. The van der Waals surface area contributed by atoms with Crippen molar-refractivity contribution in [2.75, 3.05) is 6.54 Å². The Morgan fingerprint density at radius 1 is 1.14 bits per heavy atom. The Morgan fingerprint density at radius 3 is 2.14 bits per heavy atom. The molecule has 14 heavy (non-hydrogen) atoms. The van der Waals surface area contributed by atoms with Crippen LogP contribution in [0, 0.1) is 0 Å². The van der Waals surface area contributed by atoms with E-state index in [4.69, 9.17) is 0 Å². The summed E-state index contributed by atoms with van der Waals surface area (Å²) < 4.78 is 58.7. The van der Waals surface area contributed by atoms with E-state index in [2.05, 4.69) is 5.32 Å². The molecule has 0 aromatic rings. The molecule has 1 atom stereocenters. The molecule has 0 rings (SSSR count). The van der Waals surface area contributed by atoms with Crippen LogP contribution in [0.2, 0.25) is 0 Å². The number of hydrogen-bond acceptors (Lipinski definition) is 1. The van der Waals surface area contributed by atoms with Gasteiger partial charge in [-0.15, -0.1) is 0 Å². The molecule has 0 saturated carbocycles. The fourth-order valence-electron chi connectivity index (χ4n) is 0.869. The van der Waals surface area contributed by atoms with Crippen molar-refractivity contribution >= 4 is 0 Å². The van der Waals surface area contributed by atoms with E-state index in [1.807, 2.05) is 0 Å². The van der Waals surface area contributed by atoms with Gasteiger partial charge in [-0.05, 0) is 26.3 Å². The average Bonchev–Trinajstić information content (AvgIpc) is 2.01. The van der Waals surface area contributed by atoms with Crippen LogP contribution in [0.25, 0.3) is 0 Å². The van der Waals surface area contributed by atoms with E-state index in [-0.39, 0.29) is 19.4 Å². The maximum absolute atomic E-state index is 11.9. The van der Waals surface area contributed by atoms with Gasteiger partial charge in [-0.2, -0.15) is 13.2 Å². The van der Waals surface area contributed by atoms with E-state index in [0.29, 0.717) is 0 Å². The quantitative estimate of drug-likeness (QED) is 0.535. The van der Waals surface area contributed by atoms with Gasteiger partial charge < -0.3 is 5.32 Å². The zero-order valence-corrected chi connectivity index (χ0v) is 7.87. The summed E-state index contributed by atoms with van der Waals surface area (Å²) in [4.78, 5) is 0. The van der Waals surface area contributed by atoms with Crippen LogP contribution in [0.1, 0.15) is 26.2 Å². The maximum Gasteiger partial charge on any atom is 0.389 e. The van der Waals surface area contributed by atoms with Crippen LogP contribution >= 0.6 is 0 Å². The molecule has 1 N–H and O–H groups in total. The Hall–Kier alpha value is -0.390. The zero-order chi connectivity index (χ0) is 11.2. The minimum absolute atomic E-state index is 0.0214. The molecule has 0 aliphatic rings. The van der Waals surface area contributed by atoms with Gasteiger partial charge in [0.2, 0.25) is 0 Å². The van der Waals surface area contributed by atoms with Crippen molar-refractivity contribution in [1.29, 1.82) is 0 Å². The second-order valence-electron chi connectivity index (χ2n) is 3.15. The third kappa shape index (κ3) is 8.22. The van der Waals surface area contributed by atoms with Crippen molar-refractivity contribution in [2.24, 2.45) is 0 Å². The lowest BCUT2D eigenvalue weighted by molar-refractivity contribution is -0.135. The molecule has 1 unspecified atom stereocenters. The minimum Gasteiger partial charge on any atom is -0.309 e. The Balaban J connectivity index is 3.30. The Labute approximate surface area is 79.7 Å². The maximum atomic E-state index is 11.9. The molecule has 0 aromatic heterocycles. The summed E-state index contributed by atoms with van der Waals surface area (Å²) in [5, 5.41) is 2.45. The van der Waals surface area contributed by atoms with Crippen LogP contribution in [0.15, 0.2) is 0 Å². The lowest BCUT2D eigenvalue weighted by Crippen LogP contribution is -2.33. The zero-order valence-electron chi connectivity index (χ0n) is 7.87. The van der Waals surface area contributed by atoms with Crippen LogP contribution in [-0.4, -0.2) is 25.2 Å². The summed E-state index contributed by atoms with van der Waals surface area (Å²) >= 11 is 0. The normalized spacial score (nSPS) is 14.8. The number of hydrogen-bond donors (Lipinski definition) is 1. The van der Waals surface area contributed by atoms with Crippen LogP contribution in [0.4, 0.5) is 22.0 Å². The van der Waals surface area contributed by atoms with Gasteiger partial charge >= 0.3 is 6.18 Å². The predicted octanol–water partition coefficient (Wildman–Crippen LogP) is 2.96. The van der Waals surface area contributed by atoms with E-state index in [9.17, 15) is 22.0 Å². The van der Waals surface area contributed by atoms with Crippen molar-refractivity contribution in [3.8, 4) is 0 Å². The molecule has 0 amide bonds. The van der Waals surface area contributed by atoms with Gasteiger partial charge in [-0.1, -0.05) is 0 Å². The number of halogens is 5. The molecule has 0 saturated heterocycles. The predicted molar refractivity (Wildman–Crippen MR) is 43.4 cm³/mol. The average molecular weight is 219 g/mol. The van der Waals surface area contributed by atoms with Crippen molar-refractivity contribution in [3.05, 3.63) is 0 Å². The fraction of sp³-hybridized carbons (Fsp3) is 1.00. The molecule has 0 aliphatic carbocycles. The van der Waals surface area contributed by atoms with Gasteiger partial charge in [0, 0.05) is 6.42 Å². The van der Waals surface area contributed by atoms with E-state index in [1.54, 1.807) is 0 Å². The molecule has 0 bridgehead atoms. The lowest BCUT2D eigenvalue weighted by atomic mass is 10.2. The first-order valence-electron chi connectivity index (χ1n) is 4.41. The monoisotopic (exact) mass is 219 g/mol. The van der Waals surface area contributed by atoms with E-state index < -0.39 is 25.1 Å². The molecule has 0 aromatic carbocycles. The topological polar surface area (TPSA) is 12.0 Å². The highest BCUT2D eigenvalue weighted by Gasteiger charge is 2.25. The summed E-state index contributed by atoms with van der Waals surface area (Å²) in [6, 6.07) is -0.958. The third-order valence-electron chi connectivity index (χ3n) is 1.73. The molecule has 0 aliphatic heterocycles. The first kappa shape index (κ1) is 13.6. The first-order valence-corrected chi connectivity index (χ1v) is 4.41. The van der Waals surface area contributed by atoms with E-state index in [0.717, 1.165) is 0 Å². The van der Waals surface area contributed by atoms with Crippen LogP contribution in [0.5, 0.6) is 0 Å². The second kappa shape index (κ2) is 6.16. The summed E-state index contributed by atoms with van der Waals surface area (Å²) in [5.41, 5.74) is 0. The Kier molecular flexibility index (Phi) is 5.99. The van der Waals surface area contributed by atoms with Crippen LogP contribution < -0.4 is 5.32 Å². The van der Waals surface area contributed by atoms with Crippen molar-refractivity contribution in [1.82, 2.24) is 5.32 Å². The summed E-state index contributed by atoms with van der Waals surface area (Å²) in [6.45, 7) is 1.50. The second-order valence-corrected chi connectivity index (χ2v) is 3.15. The van der Waals surface area contributed by atoms with Gasteiger partial charge in [0.25, 0.3) is 6.43 Å². The molecule has 0 radical (unpaired) electrons. The SMILES string of the molecule is CC(NCCCCC(F)(F)F)C(F)F. The molecule has 0 heterocycles. The van der Waals surface area contributed by atoms with Gasteiger partial charge in [0.15, 0.2) is 0 Å². The standard InChI is InChI=1S/C8H14F5N/c1-6(7(9)10)14-5-3-2-4-8(11,12)13/h6-7,14H,2-5H2,1H3. The molecule has 0 fully saturated rings. The number of unbranched alkanes of at least 4 members (excludes halogenated alkanes) is 1. The molecular formula is C8H14F5N. The Bertz CT molecular complexity index is 145. The highest BCUT2D eigenvalue weighted by atomic mass is 19.4. The largest absolute Gasteiger partial charge is 0.389 e. The fourth-order valence-corrected chi connectivity index (χ4v) is 0.869. The molecular weight excluding hydrogens is 205 g/mol. The number of nitrogens with one attached hydrogen (secondary N) is 1. The highest BCUT2D eigenvalue weighted by molar-refractivity contribution is 4.62. The van der Waals surface area contributed by atoms with Crippen LogP contribution in [0.3, 0.4) is 0 Å². The van der Waals surface area contributed by atoms with E-state index >= 15 is 0 Å². The lowest BCUT2D eigenvalue weighted by Gasteiger charge is -2.12. The molecule has 1 nitrogen and oxygen atoms in total. The molecule has 6 heteroatoms. The van der Waals surface area contributed by atoms with Crippen molar-refractivity contribution < 1.29 is 22.0 Å². The summed E-state index contributed by atoms with van der Waals surface area (Å²) in [7, 11) is 0. The van der Waals surface area contributed by atoms with Gasteiger partial charge in [-0.3, -0.25) is 0 Å². The number of alkyl halides is 5. The molecule has 86 valence electrons. The third-order valence-corrected chi connectivity index (χ3v) is 1.73. The van der Waals surface area contributed by atoms with E-state index in [1.165, 1.54) is 6.92 Å². The highest BCUT2D eigenvalue weighted by Crippen LogP contribution is 2.21. The summed E-state index contributed by atoms with van der Waals surface area (Å²) in [6.07, 6.45) is -7.23. The van der Waals surface area contributed by atoms with Gasteiger partial charge in [0.1, 0.15) is 0 Å². The number of rotatable bonds is 6. The summed E-state index contributed by atoms with van der Waals surface area (Å²) in [5.74, 6) is 0. The van der Waals surface area contributed by atoms with Crippen LogP contribution in [-0.2, 0) is 0 Å². The van der Waals surface area contributed by atoms with Crippen molar-refractivity contribution in [2.45, 2.75) is 44.8 Å². The Morgan fingerprint density at radius 2 is 1.71 bits per heavy atom. The van der Waals surface area contributed by atoms with Gasteiger partial charge in [-0.25, -0.2) is 8.78 Å². The first-order chi connectivity index (χ1) is 6.33. The van der Waals surface area contributed by atoms with Gasteiger partial charge in [0.05, 0.1) is 6.04 Å².